The summed E-state index contributed by atoms with van der Waals surface area (Å²) < 4.78 is 0. The van der Waals surface area contributed by atoms with Gasteiger partial charge in [-0.2, -0.15) is 0 Å². The number of hydrogen-bond acceptors (Lipinski definition) is 3. The van der Waals surface area contributed by atoms with Crippen LogP contribution >= 0.6 is 0 Å². The fourth-order valence-corrected chi connectivity index (χ4v) is 1.75. The Morgan fingerprint density at radius 1 is 1.06 bits per heavy atom. The molecule has 0 aliphatic heterocycles. The van der Waals surface area contributed by atoms with Crippen molar-refractivity contribution in [2.75, 3.05) is 5.32 Å². The first-order valence-corrected chi connectivity index (χ1v) is 5.45. The SMILES string of the molecule is Cc1ccc(Nc2ncnc3[nH]ccc23)cc1. The van der Waals surface area contributed by atoms with Crippen LogP contribution in [0.4, 0.5) is 11.5 Å². The third kappa shape index (κ3) is 1.85. The average molecular weight is 224 g/mol. The van der Waals surface area contributed by atoms with Crippen molar-refractivity contribution in [1.82, 2.24) is 15.0 Å². The molecule has 17 heavy (non-hydrogen) atoms. The van der Waals surface area contributed by atoms with Crippen molar-refractivity contribution < 1.29 is 0 Å². The van der Waals surface area contributed by atoms with Crippen molar-refractivity contribution >= 4 is 22.5 Å². The maximum atomic E-state index is 4.25. The van der Waals surface area contributed by atoms with Crippen molar-refractivity contribution in [3.63, 3.8) is 0 Å². The molecule has 2 N–H and O–H groups in total. The van der Waals surface area contributed by atoms with Crippen molar-refractivity contribution in [2.45, 2.75) is 6.92 Å². The first kappa shape index (κ1) is 9.84. The number of nitrogens with zero attached hydrogens (tertiary/aromatic N) is 2. The number of aromatic amines is 1. The molecule has 3 rings (SSSR count). The number of aromatic nitrogens is 3. The molecule has 0 fully saturated rings. The van der Waals surface area contributed by atoms with Crippen LogP contribution in [0.15, 0.2) is 42.9 Å². The van der Waals surface area contributed by atoms with Gasteiger partial charge in [-0.3, -0.25) is 0 Å². The van der Waals surface area contributed by atoms with Crippen LogP contribution in [0.25, 0.3) is 11.0 Å². The lowest BCUT2D eigenvalue weighted by Crippen LogP contribution is -1.94. The molecular formula is C13H12N4. The Hall–Kier alpha value is -2.36. The summed E-state index contributed by atoms with van der Waals surface area (Å²) in [6, 6.07) is 10.2. The molecule has 1 aromatic carbocycles. The highest BCUT2D eigenvalue weighted by molar-refractivity contribution is 5.88. The van der Waals surface area contributed by atoms with Crippen LogP contribution < -0.4 is 5.32 Å². The van der Waals surface area contributed by atoms with Gasteiger partial charge in [-0.15, -0.1) is 0 Å². The van der Waals surface area contributed by atoms with Crippen LogP contribution in [0.2, 0.25) is 0 Å². The first-order valence-electron chi connectivity index (χ1n) is 5.45. The molecule has 4 heteroatoms. The van der Waals surface area contributed by atoms with Gasteiger partial charge < -0.3 is 10.3 Å². The highest BCUT2D eigenvalue weighted by Crippen LogP contribution is 2.21. The number of H-pyrrole nitrogens is 1. The number of nitrogens with one attached hydrogen (secondary N) is 2. The van der Waals surface area contributed by atoms with Gasteiger partial charge in [-0.1, -0.05) is 17.7 Å². The van der Waals surface area contributed by atoms with Gasteiger partial charge in [0.2, 0.25) is 0 Å². The van der Waals surface area contributed by atoms with E-state index in [0.717, 1.165) is 22.5 Å². The Balaban J connectivity index is 1.99. The topological polar surface area (TPSA) is 53.6 Å². The Morgan fingerprint density at radius 2 is 1.88 bits per heavy atom. The van der Waals surface area contributed by atoms with E-state index in [1.54, 1.807) is 6.33 Å². The van der Waals surface area contributed by atoms with E-state index in [0.29, 0.717) is 0 Å². The highest BCUT2D eigenvalue weighted by Gasteiger charge is 2.03. The number of benzene rings is 1. The van der Waals surface area contributed by atoms with Crippen LogP contribution in [0, 0.1) is 6.92 Å². The summed E-state index contributed by atoms with van der Waals surface area (Å²) in [5.41, 5.74) is 3.11. The van der Waals surface area contributed by atoms with Crippen LogP contribution in [0.3, 0.4) is 0 Å². The standard InChI is InChI=1S/C13H12N4/c1-9-2-4-10(5-3-9)17-13-11-6-7-14-12(11)15-8-16-13/h2-8H,1H3,(H2,14,15,16,17). The van der Waals surface area contributed by atoms with E-state index in [-0.39, 0.29) is 0 Å². The largest absolute Gasteiger partial charge is 0.346 e. The van der Waals surface area contributed by atoms with Gasteiger partial charge in [0, 0.05) is 11.9 Å². The molecule has 0 aliphatic carbocycles. The second kappa shape index (κ2) is 3.90. The lowest BCUT2D eigenvalue weighted by Gasteiger charge is -2.06. The molecule has 0 unspecified atom stereocenters. The van der Waals surface area contributed by atoms with E-state index in [4.69, 9.17) is 0 Å². The van der Waals surface area contributed by atoms with E-state index < -0.39 is 0 Å². The molecule has 0 radical (unpaired) electrons. The number of aryl methyl sites for hydroxylation is 1. The molecule has 0 aliphatic rings. The maximum absolute atomic E-state index is 4.25. The highest BCUT2D eigenvalue weighted by atomic mass is 15.0. The summed E-state index contributed by atoms with van der Waals surface area (Å²) in [4.78, 5) is 11.5. The number of hydrogen-bond donors (Lipinski definition) is 2. The third-order valence-electron chi connectivity index (χ3n) is 2.67. The number of rotatable bonds is 2. The van der Waals surface area contributed by atoms with Crippen LogP contribution in [-0.2, 0) is 0 Å². The van der Waals surface area contributed by atoms with Crippen LogP contribution in [-0.4, -0.2) is 15.0 Å². The first-order chi connectivity index (χ1) is 8.33. The normalized spacial score (nSPS) is 10.6. The fourth-order valence-electron chi connectivity index (χ4n) is 1.75. The molecule has 3 aromatic rings. The molecule has 0 saturated carbocycles. The lowest BCUT2D eigenvalue weighted by atomic mass is 10.2. The van der Waals surface area contributed by atoms with E-state index in [2.05, 4.69) is 39.3 Å². The minimum atomic E-state index is 0.820. The Labute approximate surface area is 98.7 Å². The van der Waals surface area contributed by atoms with Gasteiger partial charge in [-0.25, -0.2) is 9.97 Å². The molecule has 84 valence electrons. The summed E-state index contributed by atoms with van der Waals surface area (Å²) in [7, 11) is 0. The predicted molar refractivity (Wildman–Crippen MR) is 68.4 cm³/mol. The predicted octanol–water partition coefficient (Wildman–Crippen LogP) is 3.01. The van der Waals surface area contributed by atoms with Crippen LogP contribution in [0.5, 0.6) is 0 Å². The molecule has 2 aromatic heterocycles. The second-order valence-electron chi connectivity index (χ2n) is 3.95. The summed E-state index contributed by atoms with van der Waals surface area (Å²) in [5, 5.41) is 4.28. The minimum absolute atomic E-state index is 0.820. The molecular weight excluding hydrogens is 212 g/mol. The molecule has 0 spiro atoms. The third-order valence-corrected chi connectivity index (χ3v) is 2.67. The maximum Gasteiger partial charge on any atom is 0.143 e. The molecule has 0 atom stereocenters. The second-order valence-corrected chi connectivity index (χ2v) is 3.95. The van der Waals surface area contributed by atoms with E-state index in [1.807, 2.05) is 24.4 Å². The smallest absolute Gasteiger partial charge is 0.143 e. The summed E-state index contributed by atoms with van der Waals surface area (Å²) >= 11 is 0. The Kier molecular flexibility index (Phi) is 2.26. The quantitative estimate of drug-likeness (QED) is 0.703. The lowest BCUT2D eigenvalue weighted by molar-refractivity contribution is 1.20. The zero-order chi connectivity index (χ0) is 11.7. The minimum Gasteiger partial charge on any atom is -0.346 e. The van der Waals surface area contributed by atoms with Crippen molar-refractivity contribution in [3.8, 4) is 0 Å². The monoisotopic (exact) mass is 224 g/mol. The Morgan fingerprint density at radius 3 is 2.71 bits per heavy atom. The molecule has 2 heterocycles. The molecule has 4 nitrogen and oxygen atoms in total. The van der Waals surface area contributed by atoms with Crippen molar-refractivity contribution in [2.24, 2.45) is 0 Å². The Bertz CT molecular complexity index is 640. The summed E-state index contributed by atoms with van der Waals surface area (Å²) in [6.45, 7) is 2.07. The molecule has 0 bridgehead atoms. The van der Waals surface area contributed by atoms with Gasteiger partial charge in [0.05, 0.1) is 5.39 Å². The van der Waals surface area contributed by atoms with Gasteiger partial charge in [-0.05, 0) is 25.1 Å². The summed E-state index contributed by atoms with van der Waals surface area (Å²) in [6.07, 6.45) is 3.41. The summed E-state index contributed by atoms with van der Waals surface area (Å²) in [5.74, 6) is 0.820. The van der Waals surface area contributed by atoms with Crippen molar-refractivity contribution in [1.29, 1.82) is 0 Å². The van der Waals surface area contributed by atoms with Gasteiger partial charge in [0.1, 0.15) is 17.8 Å². The number of anilines is 2. The van der Waals surface area contributed by atoms with Crippen LogP contribution in [0.1, 0.15) is 5.56 Å². The zero-order valence-corrected chi connectivity index (χ0v) is 9.44. The molecule has 0 saturated heterocycles. The average Bonchev–Trinajstić information content (AvgIpc) is 2.81. The fraction of sp³-hybridized carbons (Fsp3) is 0.0769. The zero-order valence-electron chi connectivity index (χ0n) is 9.44. The van der Waals surface area contributed by atoms with E-state index in [1.165, 1.54) is 5.56 Å². The number of fused-ring (bicyclic) bond motifs is 1. The van der Waals surface area contributed by atoms with Gasteiger partial charge >= 0.3 is 0 Å². The van der Waals surface area contributed by atoms with E-state index >= 15 is 0 Å². The molecule has 0 amide bonds. The van der Waals surface area contributed by atoms with Gasteiger partial charge in [0.15, 0.2) is 0 Å². The van der Waals surface area contributed by atoms with Crippen molar-refractivity contribution in [3.05, 3.63) is 48.4 Å². The van der Waals surface area contributed by atoms with E-state index in [9.17, 15) is 0 Å². The van der Waals surface area contributed by atoms with Gasteiger partial charge in [0.25, 0.3) is 0 Å².